The minimum atomic E-state index is -1.61. The number of hydrogen-bond donors (Lipinski definition) is 0. The van der Waals surface area contributed by atoms with Crippen LogP contribution < -0.4 is 4.90 Å². The van der Waals surface area contributed by atoms with Crippen LogP contribution in [0.1, 0.15) is 24.0 Å². The smallest absolute Gasteiger partial charge is 0.415 e. The Bertz CT molecular complexity index is 1300. The Balaban J connectivity index is 1.34. The molecular weight excluding hydrogens is 503 g/mol. The van der Waals surface area contributed by atoms with E-state index in [4.69, 9.17) is 4.74 Å². The normalized spacial score (nSPS) is 22.3. The average Bonchev–Trinajstić information content (AvgIpc) is 2.90. The molecule has 9 heteroatoms. The van der Waals surface area contributed by atoms with Crippen LogP contribution in [0.4, 0.5) is 32.4 Å². The third-order valence-electron chi connectivity index (χ3n) is 7.83. The average molecular weight is 532 g/mol. The zero-order valence-corrected chi connectivity index (χ0v) is 20.7. The zero-order chi connectivity index (χ0) is 26.9. The number of benzene rings is 3. The zero-order valence-electron chi connectivity index (χ0n) is 20.7. The molecule has 3 aromatic carbocycles. The van der Waals surface area contributed by atoms with Gasteiger partial charge in [-0.15, -0.1) is 0 Å². The SMILES string of the molecule is O=C(OC1C[N+]2(CCc3ccccc3F)CCC1CC2)N(Cc1cc(F)c(F)c(F)c1)c1cccc(F)c1. The number of rotatable bonds is 7. The van der Waals surface area contributed by atoms with Gasteiger partial charge in [-0.2, -0.15) is 0 Å². The van der Waals surface area contributed by atoms with Crippen molar-refractivity contribution in [1.29, 1.82) is 0 Å². The van der Waals surface area contributed by atoms with Crippen LogP contribution in [0.3, 0.4) is 0 Å². The lowest BCUT2D eigenvalue weighted by Gasteiger charge is -2.52. The van der Waals surface area contributed by atoms with Gasteiger partial charge in [-0.25, -0.2) is 26.7 Å². The summed E-state index contributed by atoms with van der Waals surface area (Å²) >= 11 is 0. The Kier molecular flexibility index (Phi) is 7.38. The summed E-state index contributed by atoms with van der Waals surface area (Å²) in [4.78, 5) is 14.5. The van der Waals surface area contributed by atoms with Crippen molar-refractivity contribution in [2.24, 2.45) is 5.92 Å². The molecule has 0 spiro atoms. The molecule has 3 aliphatic rings. The molecule has 2 bridgehead atoms. The molecule has 6 rings (SSSR count). The topological polar surface area (TPSA) is 29.5 Å². The molecule has 1 amide bonds. The van der Waals surface area contributed by atoms with Crippen LogP contribution >= 0.6 is 0 Å². The van der Waals surface area contributed by atoms with Crippen molar-refractivity contribution in [2.45, 2.75) is 31.9 Å². The van der Waals surface area contributed by atoms with Crippen LogP contribution in [0, 0.1) is 35.0 Å². The van der Waals surface area contributed by atoms with E-state index in [-0.39, 0.29) is 29.5 Å². The summed E-state index contributed by atoms with van der Waals surface area (Å²) in [6.45, 7) is 2.76. The van der Waals surface area contributed by atoms with E-state index < -0.39 is 35.5 Å². The third-order valence-corrected chi connectivity index (χ3v) is 7.83. The highest BCUT2D eigenvalue weighted by atomic mass is 19.2. The van der Waals surface area contributed by atoms with E-state index >= 15 is 0 Å². The van der Waals surface area contributed by atoms with E-state index in [1.54, 1.807) is 12.1 Å². The lowest BCUT2D eigenvalue weighted by molar-refractivity contribution is -0.946. The molecule has 38 heavy (non-hydrogen) atoms. The largest absolute Gasteiger partial charge is 0.440 e. The fraction of sp³-hybridized carbons (Fsp3) is 0.345. The number of amides is 1. The number of halogens is 5. The minimum absolute atomic E-state index is 0.00934. The predicted molar refractivity (Wildman–Crippen MR) is 132 cm³/mol. The molecule has 0 aliphatic carbocycles. The van der Waals surface area contributed by atoms with Gasteiger partial charge in [-0.3, -0.25) is 4.90 Å². The number of piperidine rings is 3. The molecule has 0 saturated carbocycles. The van der Waals surface area contributed by atoms with Gasteiger partial charge in [0, 0.05) is 25.2 Å². The fourth-order valence-corrected chi connectivity index (χ4v) is 5.71. The van der Waals surface area contributed by atoms with Crippen molar-refractivity contribution < 1.29 is 36.0 Å². The number of nitrogens with zero attached hydrogens (tertiary/aromatic N) is 2. The number of anilines is 1. The van der Waals surface area contributed by atoms with E-state index in [1.165, 1.54) is 24.3 Å². The molecule has 3 aliphatic heterocycles. The van der Waals surface area contributed by atoms with Gasteiger partial charge in [0.1, 0.15) is 18.2 Å². The van der Waals surface area contributed by atoms with Crippen molar-refractivity contribution in [3.8, 4) is 0 Å². The van der Waals surface area contributed by atoms with Gasteiger partial charge in [0.25, 0.3) is 0 Å². The summed E-state index contributed by atoms with van der Waals surface area (Å²) in [7, 11) is 0. The second-order valence-corrected chi connectivity index (χ2v) is 10.2. The monoisotopic (exact) mass is 531 g/mol. The molecule has 4 nitrogen and oxygen atoms in total. The van der Waals surface area contributed by atoms with Crippen molar-refractivity contribution in [2.75, 3.05) is 31.1 Å². The Morgan fingerprint density at radius 3 is 2.29 bits per heavy atom. The minimum Gasteiger partial charge on any atom is -0.440 e. The molecule has 0 radical (unpaired) electrons. The van der Waals surface area contributed by atoms with Gasteiger partial charge in [-0.1, -0.05) is 24.3 Å². The van der Waals surface area contributed by atoms with E-state index in [0.717, 1.165) is 49.0 Å². The second kappa shape index (κ2) is 10.7. The van der Waals surface area contributed by atoms with Crippen molar-refractivity contribution in [3.63, 3.8) is 0 Å². The van der Waals surface area contributed by atoms with Gasteiger partial charge in [-0.05, 0) is 47.5 Å². The van der Waals surface area contributed by atoms with Crippen LogP contribution in [0.15, 0.2) is 60.7 Å². The number of ether oxygens (including phenoxy) is 1. The lowest BCUT2D eigenvalue weighted by atomic mass is 9.83. The van der Waals surface area contributed by atoms with Gasteiger partial charge in [0.2, 0.25) is 0 Å². The predicted octanol–water partition coefficient (Wildman–Crippen LogP) is 6.38. The number of hydrogen-bond acceptors (Lipinski definition) is 2. The second-order valence-electron chi connectivity index (χ2n) is 10.2. The van der Waals surface area contributed by atoms with Gasteiger partial charge < -0.3 is 9.22 Å². The van der Waals surface area contributed by atoms with Crippen molar-refractivity contribution in [3.05, 3.63) is 101 Å². The van der Waals surface area contributed by atoms with Gasteiger partial charge >= 0.3 is 6.09 Å². The molecule has 0 aromatic heterocycles. The van der Waals surface area contributed by atoms with Gasteiger partial charge in [0.05, 0.1) is 31.9 Å². The van der Waals surface area contributed by atoms with Crippen LogP contribution in [0.25, 0.3) is 0 Å². The molecule has 1 unspecified atom stereocenters. The maximum absolute atomic E-state index is 14.2. The number of carbonyl (C=O) groups is 1. The first-order chi connectivity index (χ1) is 18.2. The summed E-state index contributed by atoms with van der Waals surface area (Å²) in [6, 6.07) is 13.5. The summed E-state index contributed by atoms with van der Waals surface area (Å²) in [5.74, 6) is -5.05. The van der Waals surface area contributed by atoms with E-state index in [0.29, 0.717) is 29.6 Å². The molecule has 3 aromatic rings. The highest BCUT2D eigenvalue weighted by molar-refractivity contribution is 5.87. The van der Waals surface area contributed by atoms with E-state index in [9.17, 15) is 26.7 Å². The first-order valence-corrected chi connectivity index (χ1v) is 12.7. The molecule has 0 N–H and O–H groups in total. The number of quaternary nitrogens is 1. The summed E-state index contributed by atoms with van der Waals surface area (Å²) in [5.41, 5.74) is 0.784. The van der Waals surface area contributed by atoms with Crippen LogP contribution in [0.2, 0.25) is 0 Å². The molecule has 1 atom stereocenters. The maximum Gasteiger partial charge on any atom is 0.415 e. The summed E-state index contributed by atoms with van der Waals surface area (Å²) in [6.07, 6.45) is 1.07. The molecular formula is C29H28F5N2O2+. The van der Waals surface area contributed by atoms with Gasteiger partial charge in [0.15, 0.2) is 23.6 Å². The Labute approximate surface area is 217 Å². The van der Waals surface area contributed by atoms with Crippen LogP contribution in [-0.2, 0) is 17.7 Å². The standard InChI is InChI=1S/C29H28F5N2O2/c30-22-5-3-6-23(16-22)35(17-19-14-25(32)28(34)26(33)15-19)29(37)38-27-18-36(12-9-21(27)10-13-36)11-8-20-4-1-2-7-24(20)31/h1-7,14-16,21,27H,8-13,17-18H2/q+1. The highest BCUT2D eigenvalue weighted by Crippen LogP contribution is 2.36. The van der Waals surface area contributed by atoms with Crippen LogP contribution in [0.5, 0.6) is 0 Å². The quantitative estimate of drug-likeness (QED) is 0.201. The molecule has 3 heterocycles. The number of fused-ring (bicyclic) bond motifs is 3. The van der Waals surface area contributed by atoms with Crippen LogP contribution in [-0.4, -0.2) is 42.9 Å². The van der Waals surface area contributed by atoms with Crippen molar-refractivity contribution >= 4 is 11.8 Å². The molecule has 3 saturated heterocycles. The fourth-order valence-electron chi connectivity index (χ4n) is 5.71. The number of carbonyl (C=O) groups excluding carboxylic acids is 1. The van der Waals surface area contributed by atoms with Crippen molar-refractivity contribution in [1.82, 2.24) is 0 Å². The maximum atomic E-state index is 14.2. The van der Waals surface area contributed by atoms with E-state index in [2.05, 4.69) is 0 Å². The first kappa shape index (κ1) is 26.2. The third kappa shape index (κ3) is 5.53. The highest BCUT2D eigenvalue weighted by Gasteiger charge is 2.47. The Morgan fingerprint density at radius 1 is 0.895 bits per heavy atom. The Morgan fingerprint density at radius 2 is 1.61 bits per heavy atom. The molecule has 200 valence electrons. The Hall–Kier alpha value is -3.46. The molecule has 3 fully saturated rings. The summed E-state index contributed by atoms with van der Waals surface area (Å²) in [5, 5.41) is 0. The lowest BCUT2D eigenvalue weighted by Crippen LogP contribution is -2.65. The summed E-state index contributed by atoms with van der Waals surface area (Å²) < 4.78 is 76.1. The van der Waals surface area contributed by atoms with E-state index in [1.807, 2.05) is 6.07 Å². The first-order valence-electron chi connectivity index (χ1n) is 12.7.